The number of ether oxygens (including phenoxy) is 1. The van der Waals surface area contributed by atoms with Gasteiger partial charge in [-0.1, -0.05) is 19.1 Å². The highest BCUT2D eigenvalue weighted by molar-refractivity contribution is 5.67. The summed E-state index contributed by atoms with van der Waals surface area (Å²) >= 11 is 0. The molecule has 3 nitrogen and oxygen atoms in total. The van der Waals surface area contributed by atoms with Crippen molar-refractivity contribution in [3.8, 4) is 0 Å². The van der Waals surface area contributed by atoms with E-state index in [1.165, 1.54) is 0 Å². The van der Waals surface area contributed by atoms with E-state index in [0.717, 1.165) is 5.57 Å². The number of hydrogen-bond acceptors (Lipinski definition) is 2. The van der Waals surface area contributed by atoms with Crippen LogP contribution in [0.5, 0.6) is 0 Å². The van der Waals surface area contributed by atoms with Gasteiger partial charge in [0.25, 0.3) is 0 Å². The second-order valence-electron chi connectivity index (χ2n) is 2.66. The predicted octanol–water partition coefficient (Wildman–Crippen LogP) is 1.30. The van der Waals surface area contributed by atoms with Crippen LogP contribution in [0.2, 0.25) is 0 Å². The van der Waals surface area contributed by atoms with Crippen molar-refractivity contribution in [3.63, 3.8) is 0 Å². The van der Waals surface area contributed by atoms with Crippen LogP contribution < -0.4 is 0 Å². The normalized spacial score (nSPS) is 12.5. The van der Waals surface area contributed by atoms with E-state index in [1.54, 1.807) is 0 Å². The lowest BCUT2D eigenvalue weighted by molar-refractivity contribution is -0.142. The molecule has 0 amide bonds. The Morgan fingerprint density at radius 1 is 1.73 bits per heavy atom. The first kappa shape index (κ1) is 10.2. The lowest BCUT2D eigenvalue weighted by Gasteiger charge is -2.09. The molecule has 64 valence electrons. The number of carboxylic acids is 1. The van der Waals surface area contributed by atoms with Crippen molar-refractivity contribution >= 4 is 5.97 Å². The number of hydrogen-bond donors (Lipinski definition) is 1. The van der Waals surface area contributed by atoms with Gasteiger partial charge in [0.15, 0.2) is 0 Å². The predicted molar refractivity (Wildman–Crippen MR) is 42.4 cm³/mol. The molecule has 1 unspecified atom stereocenters. The molecule has 0 saturated heterocycles. The lowest BCUT2D eigenvalue weighted by Crippen LogP contribution is -2.12. The smallest absolute Gasteiger partial charge is 0.329 e. The molecule has 0 aromatic heterocycles. The average molecular weight is 158 g/mol. The van der Waals surface area contributed by atoms with Gasteiger partial charge in [0.1, 0.15) is 6.61 Å². The van der Waals surface area contributed by atoms with Crippen LogP contribution in [0.4, 0.5) is 0 Å². The van der Waals surface area contributed by atoms with E-state index < -0.39 is 5.97 Å². The van der Waals surface area contributed by atoms with Crippen molar-refractivity contribution < 1.29 is 14.6 Å². The van der Waals surface area contributed by atoms with Crippen LogP contribution in [0.3, 0.4) is 0 Å². The molecule has 0 aliphatic carbocycles. The van der Waals surface area contributed by atoms with Crippen LogP contribution in [0.15, 0.2) is 12.2 Å². The summed E-state index contributed by atoms with van der Waals surface area (Å²) < 4.78 is 4.86. The molecule has 0 saturated carbocycles. The van der Waals surface area contributed by atoms with Crippen molar-refractivity contribution in [1.82, 2.24) is 0 Å². The molecule has 0 bridgehead atoms. The topological polar surface area (TPSA) is 46.5 Å². The molecular formula is C8H14O3. The fourth-order valence-corrected chi connectivity index (χ4v) is 0.465. The zero-order valence-electron chi connectivity index (χ0n) is 6.96. The van der Waals surface area contributed by atoms with Gasteiger partial charge in [-0.05, 0) is 12.8 Å². The maximum absolute atomic E-state index is 10.0. The van der Waals surface area contributed by atoms with E-state index >= 15 is 0 Å². The van der Waals surface area contributed by atoms with E-state index in [2.05, 4.69) is 6.58 Å². The fraction of sp³-hybridized carbons (Fsp3) is 0.625. The minimum Gasteiger partial charge on any atom is -0.480 e. The number of rotatable bonds is 5. The SMILES string of the molecule is C=C(C)C(C)COCC(=O)O. The Morgan fingerprint density at radius 3 is 2.64 bits per heavy atom. The minimum absolute atomic E-state index is 0.225. The molecule has 3 heteroatoms. The molecule has 0 radical (unpaired) electrons. The largest absolute Gasteiger partial charge is 0.480 e. The van der Waals surface area contributed by atoms with Gasteiger partial charge in [-0.2, -0.15) is 0 Å². The third-order valence-corrected chi connectivity index (χ3v) is 1.43. The molecular weight excluding hydrogens is 144 g/mol. The summed E-state index contributed by atoms with van der Waals surface area (Å²) in [6.45, 7) is 7.78. The highest BCUT2D eigenvalue weighted by Gasteiger charge is 2.03. The highest BCUT2D eigenvalue weighted by Crippen LogP contribution is 2.06. The minimum atomic E-state index is -0.932. The van der Waals surface area contributed by atoms with Crippen LogP contribution in [-0.2, 0) is 9.53 Å². The molecule has 0 aromatic rings. The Balaban J connectivity index is 3.39. The zero-order chi connectivity index (χ0) is 8.85. The van der Waals surface area contributed by atoms with Gasteiger partial charge < -0.3 is 9.84 Å². The molecule has 0 aliphatic heterocycles. The van der Waals surface area contributed by atoms with Gasteiger partial charge >= 0.3 is 5.97 Å². The number of aliphatic carboxylic acids is 1. The Bertz CT molecular complexity index is 151. The highest BCUT2D eigenvalue weighted by atomic mass is 16.5. The van der Waals surface area contributed by atoms with Crippen molar-refractivity contribution in [2.24, 2.45) is 5.92 Å². The second-order valence-corrected chi connectivity index (χ2v) is 2.66. The number of carbonyl (C=O) groups is 1. The Kier molecular flexibility index (Phi) is 4.54. The third kappa shape index (κ3) is 5.61. The Labute approximate surface area is 66.7 Å². The lowest BCUT2D eigenvalue weighted by atomic mass is 10.1. The average Bonchev–Trinajstić information content (AvgIpc) is 1.86. The van der Waals surface area contributed by atoms with E-state index in [4.69, 9.17) is 9.84 Å². The van der Waals surface area contributed by atoms with Crippen LogP contribution in [-0.4, -0.2) is 24.3 Å². The van der Waals surface area contributed by atoms with E-state index in [9.17, 15) is 4.79 Å². The first-order chi connectivity index (χ1) is 5.04. The maximum Gasteiger partial charge on any atom is 0.329 e. The molecule has 1 N–H and O–H groups in total. The Morgan fingerprint density at radius 2 is 2.27 bits per heavy atom. The molecule has 0 fully saturated rings. The first-order valence-corrected chi connectivity index (χ1v) is 3.49. The van der Waals surface area contributed by atoms with Crippen molar-refractivity contribution in [3.05, 3.63) is 12.2 Å². The van der Waals surface area contributed by atoms with Crippen LogP contribution >= 0.6 is 0 Å². The monoisotopic (exact) mass is 158 g/mol. The molecule has 0 aliphatic rings. The van der Waals surface area contributed by atoms with Crippen molar-refractivity contribution in [2.75, 3.05) is 13.2 Å². The van der Waals surface area contributed by atoms with E-state index in [1.807, 2.05) is 13.8 Å². The molecule has 0 heterocycles. The summed E-state index contributed by atoms with van der Waals surface area (Å²) in [6, 6.07) is 0. The van der Waals surface area contributed by atoms with Crippen LogP contribution in [0.25, 0.3) is 0 Å². The molecule has 0 spiro atoms. The summed E-state index contributed by atoms with van der Waals surface area (Å²) in [5.74, 6) is -0.701. The van der Waals surface area contributed by atoms with Crippen molar-refractivity contribution in [1.29, 1.82) is 0 Å². The van der Waals surface area contributed by atoms with Gasteiger partial charge in [-0.15, -0.1) is 0 Å². The summed E-state index contributed by atoms with van der Waals surface area (Å²) in [5.41, 5.74) is 1.01. The molecule has 0 aromatic carbocycles. The van der Waals surface area contributed by atoms with Gasteiger partial charge in [-0.3, -0.25) is 0 Å². The number of carboxylic acid groups (broad SMARTS) is 1. The van der Waals surface area contributed by atoms with Gasteiger partial charge in [0, 0.05) is 0 Å². The molecule has 0 rings (SSSR count). The fourth-order valence-electron chi connectivity index (χ4n) is 0.465. The summed E-state index contributed by atoms with van der Waals surface area (Å²) in [7, 11) is 0. The maximum atomic E-state index is 10.0. The summed E-state index contributed by atoms with van der Waals surface area (Å²) in [6.07, 6.45) is 0. The van der Waals surface area contributed by atoms with Crippen LogP contribution in [0, 0.1) is 5.92 Å². The zero-order valence-corrected chi connectivity index (χ0v) is 6.96. The van der Waals surface area contributed by atoms with Crippen molar-refractivity contribution in [2.45, 2.75) is 13.8 Å². The summed E-state index contributed by atoms with van der Waals surface area (Å²) in [4.78, 5) is 10.0. The van der Waals surface area contributed by atoms with Gasteiger partial charge in [0.2, 0.25) is 0 Å². The van der Waals surface area contributed by atoms with Crippen LogP contribution in [0.1, 0.15) is 13.8 Å². The summed E-state index contributed by atoms with van der Waals surface area (Å²) in [5, 5.41) is 8.22. The third-order valence-electron chi connectivity index (χ3n) is 1.43. The second kappa shape index (κ2) is 4.91. The standard InChI is InChI=1S/C8H14O3/c1-6(2)7(3)4-11-5-8(9)10/h7H,1,4-5H2,2-3H3,(H,9,10). The first-order valence-electron chi connectivity index (χ1n) is 3.49. The molecule has 11 heavy (non-hydrogen) atoms. The van der Waals surface area contributed by atoms with Gasteiger partial charge in [-0.25, -0.2) is 4.79 Å². The molecule has 1 atom stereocenters. The van der Waals surface area contributed by atoms with Gasteiger partial charge in [0.05, 0.1) is 6.61 Å². The van der Waals surface area contributed by atoms with E-state index in [-0.39, 0.29) is 12.5 Å². The van der Waals surface area contributed by atoms with E-state index in [0.29, 0.717) is 6.61 Å². The quantitative estimate of drug-likeness (QED) is 0.613. The Hall–Kier alpha value is -0.830.